The van der Waals surface area contributed by atoms with E-state index in [-0.39, 0.29) is 6.10 Å². The van der Waals surface area contributed by atoms with Gasteiger partial charge in [0.15, 0.2) is 0 Å². The monoisotopic (exact) mass is 197 g/mol. The summed E-state index contributed by atoms with van der Waals surface area (Å²) in [6.07, 6.45) is 6.56. The molecular formula is C12H23NO. The zero-order valence-electron chi connectivity index (χ0n) is 9.50. The van der Waals surface area contributed by atoms with Crippen LogP contribution in [0.3, 0.4) is 0 Å². The number of nitrogens with zero attached hydrogens (tertiary/aromatic N) is 1. The minimum absolute atomic E-state index is 0.275. The van der Waals surface area contributed by atoms with Crippen LogP contribution < -0.4 is 0 Å². The molecule has 1 fully saturated rings. The number of likely N-dealkylation sites (tertiary alicyclic amines) is 1. The molecule has 82 valence electrons. The summed E-state index contributed by atoms with van der Waals surface area (Å²) in [5.41, 5.74) is 1.44. The molecule has 14 heavy (non-hydrogen) atoms. The topological polar surface area (TPSA) is 23.5 Å². The number of hydrogen-bond acceptors (Lipinski definition) is 2. The van der Waals surface area contributed by atoms with Gasteiger partial charge in [0, 0.05) is 6.54 Å². The Balaban J connectivity index is 2.40. The molecule has 2 nitrogen and oxygen atoms in total. The van der Waals surface area contributed by atoms with E-state index in [1.165, 1.54) is 44.5 Å². The smallest absolute Gasteiger partial charge is 0.0695 e. The van der Waals surface area contributed by atoms with Crippen LogP contribution in [0.4, 0.5) is 0 Å². The number of hydrogen-bond donors (Lipinski definition) is 1. The molecule has 0 radical (unpaired) electrons. The Morgan fingerprint density at radius 3 is 2.86 bits per heavy atom. The van der Waals surface area contributed by atoms with Gasteiger partial charge in [0.25, 0.3) is 0 Å². The molecule has 1 heterocycles. The first-order valence-corrected chi connectivity index (χ1v) is 5.82. The summed E-state index contributed by atoms with van der Waals surface area (Å²) < 4.78 is 0. The highest BCUT2D eigenvalue weighted by atomic mass is 16.3. The van der Waals surface area contributed by atoms with Gasteiger partial charge in [-0.15, -0.1) is 0 Å². The molecule has 1 aliphatic rings. The van der Waals surface area contributed by atoms with Gasteiger partial charge >= 0.3 is 0 Å². The molecule has 1 rings (SSSR count). The van der Waals surface area contributed by atoms with Crippen molar-refractivity contribution in [3.8, 4) is 0 Å². The van der Waals surface area contributed by atoms with Gasteiger partial charge in [0.1, 0.15) is 0 Å². The summed E-state index contributed by atoms with van der Waals surface area (Å²) in [5.74, 6) is 0. The molecule has 0 aliphatic carbocycles. The summed E-state index contributed by atoms with van der Waals surface area (Å²) >= 11 is 0. The Bertz CT molecular complexity index is 187. The van der Waals surface area contributed by atoms with Crippen molar-refractivity contribution in [2.75, 3.05) is 19.6 Å². The second-order valence-corrected chi connectivity index (χ2v) is 4.26. The van der Waals surface area contributed by atoms with Gasteiger partial charge in [-0.05, 0) is 45.7 Å². The normalized spacial score (nSPS) is 24.9. The Kier molecular flexibility index (Phi) is 5.20. The van der Waals surface area contributed by atoms with Crippen molar-refractivity contribution in [1.82, 2.24) is 4.90 Å². The van der Waals surface area contributed by atoms with Crippen molar-refractivity contribution in [2.45, 2.75) is 45.6 Å². The third-order valence-corrected chi connectivity index (χ3v) is 2.74. The van der Waals surface area contributed by atoms with Crippen LogP contribution in [0, 0.1) is 0 Å². The van der Waals surface area contributed by atoms with Crippen LogP contribution in [0.1, 0.15) is 39.5 Å². The fourth-order valence-corrected chi connectivity index (χ4v) is 2.12. The van der Waals surface area contributed by atoms with E-state index >= 15 is 0 Å². The minimum Gasteiger partial charge on any atom is -0.389 e. The molecule has 0 amide bonds. The number of aliphatic hydroxyl groups is 1. The molecule has 0 aromatic heterocycles. The van der Waals surface area contributed by atoms with E-state index in [0.29, 0.717) is 0 Å². The lowest BCUT2D eigenvalue weighted by Crippen LogP contribution is -2.25. The van der Waals surface area contributed by atoms with Crippen LogP contribution in [0.15, 0.2) is 11.6 Å². The van der Waals surface area contributed by atoms with Gasteiger partial charge in [-0.3, -0.25) is 0 Å². The lowest BCUT2D eigenvalue weighted by Gasteiger charge is -2.17. The van der Waals surface area contributed by atoms with Crippen LogP contribution >= 0.6 is 0 Å². The zero-order valence-corrected chi connectivity index (χ0v) is 9.50. The molecule has 1 atom stereocenters. The van der Waals surface area contributed by atoms with Crippen molar-refractivity contribution < 1.29 is 5.11 Å². The van der Waals surface area contributed by atoms with Crippen LogP contribution in [-0.4, -0.2) is 35.7 Å². The van der Waals surface area contributed by atoms with Crippen LogP contribution in [0.25, 0.3) is 0 Å². The molecule has 1 N–H and O–H groups in total. The van der Waals surface area contributed by atoms with Crippen molar-refractivity contribution in [3.05, 3.63) is 11.6 Å². The Morgan fingerprint density at radius 2 is 2.21 bits per heavy atom. The van der Waals surface area contributed by atoms with E-state index in [1.807, 2.05) is 13.0 Å². The summed E-state index contributed by atoms with van der Waals surface area (Å²) in [5, 5.41) is 9.28. The molecule has 2 heteroatoms. The number of rotatable bonds is 3. The van der Waals surface area contributed by atoms with Gasteiger partial charge in [0.05, 0.1) is 6.10 Å². The third kappa shape index (κ3) is 4.25. The lowest BCUT2D eigenvalue weighted by molar-refractivity contribution is 0.242. The van der Waals surface area contributed by atoms with Crippen molar-refractivity contribution >= 4 is 0 Å². The largest absolute Gasteiger partial charge is 0.389 e. The van der Waals surface area contributed by atoms with E-state index < -0.39 is 0 Å². The second kappa shape index (κ2) is 6.20. The molecule has 1 saturated heterocycles. The van der Waals surface area contributed by atoms with Gasteiger partial charge in [-0.25, -0.2) is 0 Å². The van der Waals surface area contributed by atoms with Gasteiger partial charge in [0.2, 0.25) is 0 Å². The molecule has 1 aliphatic heterocycles. The van der Waals surface area contributed by atoms with Gasteiger partial charge < -0.3 is 10.0 Å². The second-order valence-electron chi connectivity index (χ2n) is 4.26. The molecular weight excluding hydrogens is 174 g/mol. The lowest BCUT2D eigenvalue weighted by atomic mass is 10.1. The van der Waals surface area contributed by atoms with E-state index in [4.69, 9.17) is 0 Å². The molecule has 0 aromatic rings. The third-order valence-electron chi connectivity index (χ3n) is 2.74. The molecule has 0 bridgehead atoms. The Morgan fingerprint density at radius 1 is 1.43 bits per heavy atom. The molecule has 0 spiro atoms. The van der Waals surface area contributed by atoms with Crippen LogP contribution in [0.2, 0.25) is 0 Å². The van der Waals surface area contributed by atoms with Gasteiger partial charge in [-0.1, -0.05) is 18.6 Å². The first-order valence-electron chi connectivity index (χ1n) is 5.82. The number of aliphatic hydroxyl groups excluding tert-OH is 1. The van der Waals surface area contributed by atoms with Crippen LogP contribution in [-0.2, 0) is 0 Å². The van der Waals surface area contributed by atoms with Crippen molar-refractivity contribution in [3.63, 3.8) is 0 Å². The maximum Gasteiger partial charge on any atom is 0.0695 e. The van der Waals surface area contributed by atoms with Crippen LogP contribution in [0.5, 0.6) is 0 Å². The first-order chi connectivity index (χ1) is 6.72. The molecule has 0 aromatic carbocycles. The van der Waals surface area contributed by atoms with Crippen molar-refractivity contribution in [2.24, 2.45) is 0 Å². The average molecular weight is 197 g/mol. The summed E-state index contributed by atoms with van der Waals surface area (Å²) in [4.78, 5) is 2.53. The van der Waals surface area contributed by atoms with E-state index in [0.717, 1.165) is 6.42 Å². The fraction of sp³-hybridized carbons (Fsp3) is 0.833. The quantitative estimate of drug-likeness (QED) is 0.701. The summed E-state index contributed by atoms with van der Waals surface area (Å²) in [7, 11) is 0. The van der Waals surface area contributed by atoms with E-state index in [2.05, 4.69) is 11.8 Å². The maximum atomic E-state index is 9.28. The zero-order chi connectivity index (χ0) is 10.4. The fourth-order valence-electron chi connectivity index (χ4n) is 2.12. The predicted molar refractivity (Wildman–Crippen MR) is 60.3 cm³/mol. The molecule has 1 unspecified atom stereocenters. The summed E-state index contributed by atoms with van der Waals surface area (Å²) in [6.45, 7) is 7.69. The maximum absolute atomic E-state index is 9.28. The van der Waals surface area contributed by atoms with Crippen molar-refractivity contribution in [1.29, 1.82) is 0 Å². The van der Waals surface area contributed by atoms with E-state index in [9.17, 15) is 5.11 Å². The predicted octanol–water partition coefficient (Wildman–Crippen LogP) is 2.19. The van der Waals surface area contributed by atoms with Gasteiger partial charge in [-0.2, -0.15) is 0 Å². The minimum atomic E-state index is -0.275. The standard InChI is InChI=1S/C12H23NO/c1-3-7-13-8-4-5-12(6-9-13)10-11(2)14/h10-11,14H,3-9H2,1-2H3/b12-10+. The first kappa shape index (κ1) is 11.7. The Hall–Kier alpha value is -0.340. The summed E-state index contributed by atoms with van der Waals surface area (Å²) in [6, 6.07) is 0. The Labute approximate surface area is 87.6 Å². The highest BCUT2D eigenvalue weighted by molar-refractivity contribution is 5.06. The highest BCUT2D eigenvalue weighted by Gasteiger charge is 2.11. The highest BCUT2D eigenvalue weighted by Crippen LogP contribution is 2.17. The average Bonchev–Trinajstić information content (AvgIpc) is 2.31. The SMILES string of the molecule is CCCN1CCC/C(=C\C(C)O)CC1. The van der Waals surface area contributed by atoms with E-state index in [1.54, 1.807) is 0 Å². The molecule has 0 saturated carbocycles.